The summed E-state index contributed by atoms with van der Waals surface area (Å²) in [4.78, 5) is 7.40. The second-order valence-electron chi connectivity index (χ2n) is 5.89. The van der Waals surface area contributed by atoms with Gasteiger partial charge in [-0.2, -0.15) is 0 Å². The van der Waals surface area contributed by atoms with E-state index in [1.165, 1.54) is 29.6 Å². The molecule has 1 aliphatic rings. The first-order valence-corrected chi connectivity index (χ1v) is 7.56. The van der Waals surface area contributed by atoms with Crippen molar-refractivity contribution in [3.63, 3.8) is 0 Å². The van der Waals surface area contributed by atoms with E-state index in [4.69, 9.17) is 4.98 Å². The molecule has 0 bridgehead atoms. The Bertz CT molecular complexity index is 594. The number of para-hydroxylation sites is 1. The molecule has 1 fully saturated rings. The number of rotatable bonds is 3. The van der Waals surface area contributed by atoms with Gasteiger partial charge in [-0.3, -0.25) is 0 Å². The normalized spacial score (nSPS) is 19.5. The molecule has 1 aromatic carbocycles. The van der Waals surface area contributed by atoms with Gasteiger partial charge in [-0.15, -0.1) is 0 Å². The highest BCUT2D eigenvalue weighted by Gasteiger charge is 2.20. The Morgan fingerprint density at radius 1 is 1.35 bits per heavy atom. The van der Waals surface area contributed by atoms with E-state index in [-0.39, 0.29) is 0 Å². The predicted octanol–water partition coefficient (Wildman–Crippen LogP) is 3.19. The third-order valence-electron chi connectivity index (χ3n) is 4.10. The van der Waals surface area contributed by atoms with Crippen LogP contribution < -0.4 is 10.2 Å². The molecule has 3 rings (SSSR count). The molecule has 1 saturated heterocycles. The quantitative estimate of drug-likeness (QED) is 0.927. The highest BCUT2D eigenvalue weighted by Crippen LogP contribution is 2.27. The molecule has 2 heterocycles. The van der Waals surface area contributed by atoms with E-state index < -0.39 is 0 Å². The minimum atomic E-state index is 0.763. The first kappa shape index (κ1) is 13.4. The minimum Gasteiger partial charge on any atom is -0.356 e. The van der Waals surface area contributed by atoms with Crippen LogP contribution in [-0.2, 0) is 6.54 Å². The Morgan fingerprint density at radius 2 is 2.20 bits per heavy atom. The van der Waals surface area contributed by atoms with Crippen molar-refractivity contribution in [2.75, 3.05) is 25.0 Å². The average Bonchev–Trinajstić information content (AvgIpc) is 2.47. The van der Waals surface area contributed by atoms with Gasteiger partial charge in [0.05, 0.1) is 5.52 Å². The fourth-order valence-corrected chi connectivity index (χ4v) is 3.13. The second kappa shape index (κ2) is 5.80. The lowest BCUT2D eigenvalue weighted by molar-refractivity contribution is 0.444. The van der Waals surface area contributed by atoms with Crippen molar-refractivity contribution in [3.8, 4) is 0 Å². The molecule has 3 nitrogen and oxygen atoms in total. The molecule has 3 heteroatoms. The Labute approximate surface area is 121 Å². The molecular formula is C17H23N3. The van der Waals surface area contributed by atoms with Gasteiger partial charge in [-0.25, -0.2) is 4.98 Å². The summed E-state index contributed by atoms with van der Waals surface area (Å²) in [5.74, 6) is 1.93. The lowest BCUT2D eigenvalue weighted by atomic mass is 9.99. The minimum absolute atomic E-state index is 0.763. The van der Waals surface area contributed by atoms with E-state index in [9.17, 15) is 0 Å². The molecular weight excluding hydrogens is 246 g/mol. The predicted molar refractivity (Wildman–Crippen MR) is 85.1 cm³/mol. The summed E-state index contributed by atoms with van der Waals surface area (Å²) in [5.41, 5.74) is 2.40. The van der Waals surface area contributed by atoms with Crippen molar-refractivity contribution in [3.05, 3.63) is 35.9 Å². The van der Waals surface area contributed by atoms with Gasteiger partial charge in [0.1, 0.15) is 5.82 Å². The molecule has 0 saturated carbocycles. The van der Waals surface area contributed by atoms with E-state index in [0.717, 1.165) is 31.1 Å². The number of piperidine rings is 1. The number of fused-ring (bicyclic) bond motifs is 1. The van der Waals surface area contributed by atoms with Gasteiger partial charge in [0.2, 0.25) is 0 Å². The molecule has 1 N–H and O–H groups in total. The number of hydrogen-bond donors (Lipinski definition) is 1. The maximum Gasteiger partial charge on any atom is 0.133 e. The Kier molecular flexibility index (Phi) is 3.88. The third kappa shape index (κ3) is 2.63. The highest BCUT2D eigenvalue weighted by atomic mass is 15.2. The smallest absolute Gasteiger partial charge is 0.133 e. The van der Waals surface area contributed by atoms with Gasteiger partial charge < -0.3 is 10.2 Å². The van der Waals surface area contributed by atoms with Gasteiger partial charge in [-0.1, -0.05) is 25.1 Å². The summed E-state index contributed by atoms with van der Waals surface area (Å²) in [5, 5.41) is 4.50. The van der Waals surface area contributed by atoms with Crippen molar-refractivity contribution in [1.29, 1.82) is 0 Å². The number of benzene rings is 1. The summed E-state index contributed by atoms with van der Waals surface area (Å²) in [7, 11) is 2.00. The fraction of sp³-hybridized carbons (Fsp3) is 0.471. The first-order chi connectivity index (χ1) is 9.78. The van der Waals surface area contributed by atoms with Crippen LogP contribution in [0.25, 0.3) is 10.9 Å². The highest BCUT2D eigenvalue weighted by molar-refractivity contribution is 5.81. The van der Waals surface area contributed by atoms with Crippen molar-refractivity contribution in [1.82, 2.24) is 10.3 Å². The van der Waals surface area contributed by atoms with Crippen LogP contribution in [0.4, 0.5) is 5.82 Å². The molecule has 0 amide bonds. The SMILES string of the molecule is CNCc1cc2ccccc2nc1N1CCCC(C)C1. The van der Waals surface area contributed by atoms with Gasteiger partial charge >= 0.3 is 0 Å². The maximum absolute atomic E-state index is 4.94. The molecule has 106 valence electrons. The van der Waals surface area contributed by atoms with Crippen LogP contribution in [0.1, 0.15) is 25.3 Å². The second-order valence-corrected chi connectivity index (χ2v) is 5.89. The van der Waals surface area contributed by atoms with Crippen molar-refractivity contribution < 1.29 is 0 Å². The number of hydrogen-bond acceptors (Lipinski definition) is 3. The van der Waals surface area contributed by atoms with E-state index in [1.54, 1.807) is 0 Å². The topological polar surface area (TPSA) is 28.2 Å². The summed E-state index contributed by atoms with van der Waals surface area (Å²) < 4.78 is 0. The largest absolute Gasteiger partial charge is 0.356 e. The van der Waals surface area contributed by atoms with Crippen LogP contribution in [0, 0.1) is 5.92 Å². The van der Waals surface area contributed by atoms with Gasteiger partial charge in [-0.05, 0) is 37.9 Å². The molecule has 2 aromatic rings. The average molecular weight is 269 g/mol. The summed E-state index contributed by atoms with van der Waals surface area (Å²) in [6.07, 6.45) is 2.61. The summed E-state index contributed by atoms with van der Waals surface area (Å²) in [6.45, 7) is 5.47. The monoisotopic (exact) mass is 269 g/mol. The van der Waals surface area contributed by atoms with Crippen LogP contribution >= 0.6 is 0 Å². The van der Waals surface area contributed by atoms with Crippen LogP contribution in [0.2, 0.25) is 0 Å². The lowest BCUT2D eigenvalue weighted by Gasteiger charge is -2.33. The molecule has 1 aliphatic heterocycles. The zero-order valence-electron chi connectivity index (χ0n) is 12.4. The van der Waals surface area contributed by atoms with Gasteiger partial charge in [0.15, 0.2) is 0 Å². The van der Waals surface area contributed by atoms with Crippen LogP contribution in [0.5, 0.6) is 0 Å². The molecule has 0 radical (unpaired) electrons. The zero-order valence-corrected chi connectivity index (χ0v) is 12.4. The van der Waals surface area contributed by atoms with Gasteiger partial charge in [0.25, 0.3) is 0 Å². The van der Waals surface area contributed by atoms with Crippen LogP contribution in [0.15, 0.2) is 30.3 Å². The molecule has 20 heavy (non-hydrogen) atoms. The lowest BCUT2D eigenvalue weighted by Crippen LogP contribution is -2.35. The third-order valence-corrected chi connectivity index (χ3v) is 4.10. The molecule has 1 atom stereocenters. The van der Waals surface area contributed by atoms with Crippen molar-refractivity contribution in [2.24, 2.45) is 5.92 Å². The number of nitrogens with one attached hydrogen (secondary N) is 1. The molecule has 0 spiro atoms. The van der Waals surface area contributed by atoms with Gasteiger partial charge in [0, 0.05) is 30.6 Å². The van der Waals surface area contributed by atoms with E-state index >= 15 is 0 Å². The van der Waals surface area contributed by atoms with Crippen LogP contribution in [0.3, 0.4) is 0 Å². The fourth-order valence-electron chi connectivity index (χ4n) is 3.13. The Hall–Kier alpha value is -1.61. The number of anilines is 1. The first-order valence-electron chi connectivity index (χ1n) is 7.56. The number of pyridine rings is 1. The molecule has 1 aromatic heterocycles. The number of nitrogens with zero attached hydrogens (tertiary/aromatic N) is 2. The molecule has 0 aliphatic carbocycles. The Morgan fingerprint density at radius 3 is 3.00 bits per heavy atom. The number of aromatic nitrogens is 1. The molecule has 1 unspecified atom stereocenters. The van der Waals surface area contributed by atoms with Crippen molar-refractivity contribution in [2.45, 2.75) is 26.3 Å². The maximum atomic E-state index is 4.94. The standard InChI is InChI=1S/C17H23N3/c1-13-6-5-9-20(12-13)17-15(11-18-2)10-14-7-3-4-8-16(14)19-17/h3-4,7-8,10,13,18H,5-6,9,11-12H2,1-2H3. The van der Waals surface area contributed by atoms with Crippen molar-refractivity contribution >= 4 is 16.7 Å². The van der Waals surface area contributed by atoms with E-state index in [2.05, 4.69) is 47.5 Å². The Balaban J connectivity index is 2.04. The van der Waals surface area contributed by atoms with E-state index in [1.807, 2.05) is 7.05 Å². The zero-order chi connectivity index (χ0) is 13.9. The van der Waals surface area contributed by atoms with Crippen LogP contribution in [-0.4, -0.2) is 25.1 Å². The van der Waals surface area contributed by atoms with E-state index in [0.29, 0.717) is 0 Å². The summed E-state index contributed by atoms with van der Waals surface area (Å²) in [6, 6.07) is 10.7. The summed E-state index contributed by atoms with van der Waals surface area (Å²) >= 11 is 0.